The molecule has 0 unspecified atom stereocenters. The predicted molar refractivity (Wildman–Crippen MR) is 249 cm³/mol. The number of rotatable bonds is 46. The van der Waals surface area contributed by atoms with Crippen molar-refractivity contribution >= 4 is 10.1 Å². The minimum atomic E-state index is -4.23. The Morgan fingerprint density at radius 3 is 0.768 bits per heavy atom. The lowest BCUT2D eigenvalue weighted by Gasteiger charge is -2.27. The number of unbranched alkanes of at least 4 members (excludes halogenated alkanes) is 36. The van der Waals surface area contributed by atoms with Gasteiger partial charge in [-0.15, -0.1) is 0 Å². The number of quaternary nitrogens is 1. The van der Waals surface area contributed by atoms with Crippen LogP contribution >= 0.6 is 0 Å². The third-order valence-corrected chi connectivity index (χ3v) is 12.6. The molecule has 0 saturated heterocycles. The highest BCUT2D eigenvalue weighted by molar-refractivity contribution is 7.85. The van der Waals surface area contributed by atoms with Crippen LogP contribution in [0, 0.1) is 0 Å². The van der Waals surface area contributed by atoms with Crippen LogP contribution in [-0.4, -0.2) is 29.8 Å². The molecule has 0 radical (unpaired) electrons. The Hall–Kier alpha value is -0.910. The molecule has 0 heterocycles. The first-order chi connectivity index (χ1) is 27.4. The van der Waals surface area contributed by atoms with Gasteiger partial charge in [-0.1, -0.05) is 233 Å². The molecular weight excluding hydrogens is 707 g/mol. The molecule has 0 aromatic carbocycles. The lowest BCUT2D eigenvalue weighted by atomic mass is 10.0. The second kappa shape index (κ2) is 43.7. The summed E-state index contributed by atoms with van der Waals surface area (Å²) in [5, 5.41) is 0. The summed E-state index contributed by atoms with van der Waals surface area (Å²) in [4.78, 5) is 0. The van der Waals surface area contributed by atoms with Crippen LogP contribution in [0.4, 0.5) is 0 Å². The first kappa shape index (κ1) is 55.1. The Kier molecular flexibility index (Phi) is 43.0. The first-order valence-electron chi connectivity index (χ1n) is 25.2. The number of nitrogens with zero attached hydrogens (tertiary/aromatic N) is 1. The maximum atomic E-state index is 11.6. The quantitative estimate of drug-likeness (QED) is 0.0350. The van der Waals surface area contributed by atoms with Crippen molar-refractivity contribution in [1.82, 2.24) is 0 Å². The van der Waals surface area contributed by atoms with E-state index in [0.29, 0.717) is 17.4 Å². The van der Waals surface area contributed by atoms with Gasteiger partial charge in [0.2, 0.25) is 0 Å². The Balaban J connectivity index is 4.98. The Morgan fingerprint density at radius 1 is 0.339 bits per heavy atom. The van der Waals surface area contributed by atoms with Crippen LogP contribution in [0.1, 0.15) is 278 Å². The average Bonchev–Trinajstić information content (AvgIpc) is 3.17. The molecule has 0 bridgehead atoms. The number of hydrogen-bond acceptors (Lipinski definition) is 3. The van der Waals surface area contributed by atoms with E-state index in [1.54, 1.807) is 0 Å². The second-order valence-electron chi connectivity index (χ2n) is 17.5. The van der Waals surface area contributed by atoms with Crippen LogP contribution in [0.25, 0.3) is 0 Å². The van der Waals surface area contributed by atoms with E-state index in [4.69, 9.17) is 0 Å². The molecule has 4 nitrogen and oxygen atoms in total. The van der Waals surface area contributed by atoms with Crippen molar-refractivity contribution in [2.75, 3.05) is 12.3 Å². The highest BCUT2D eigenvalue weighted by atomic mass is 32.2. The van der Waals surface area contributed by atoms with Gasteiger partial charge in [0.1, 0.15) is 18.6 Å². The molecule has 0 aromatic heterocycles. The second-order valence-corrected chi connectivity index (χ2v) is 19.0. The van der Waals surface area contributed by atoms with E-state index >= 15 is 0 Å². The van der Waals surface area contributed by atoms with E-state index in [0.717, 1.165) is 19.3 Å². The van der Waals surface area contributed by atoms with Gasteiger partial charge >= 0.3 is 0 Å². The first-order valence-corrected chi connectivity index (χ1v) is 26.8. The van der Waals surface area contributed by atoms with Crippen LogP contribution in [0.5, 0.6) is 0 Å². The maximum absolute atomic E-state index is 11.6. The van der Waals surface area contributed by atoms with Gasteiger partial charge in [-0.25, -0.2) is 12.9 Å². The standard InChI is InChI=1S/C51H99NO3S/c1-4-7-10-13-16-19-22-25-28-31-34-37-40-43-47-52(50-46-51-56(53,54)55,48-44-41-38-35-32-29-26-23-20-17-14-11-8-5-2)49-45-42-39-36-33-30-27-24-21-18-15-12-9-6-3/h43-45,47-49H,4-42,46,50-51H2,1-3H3/b47-43+,48-44+,49-45+. The van der Waals surface area contributed by atoms with Gasteiger partial charge in [0, 0.05) is 12.2 Å². The van der Waals surface area contributed by atoms with Gasteiger partial charge in [0.25, 0.3) is 0 Å². The molecule has 0 fully saturated rings. The molecule has 0 saturated carbocycles. The minimum absolute atomic E-state index is 0.293. The molecule has 56 heavy (non-hydrogen) atoms. The normalized spacial score (nSPS) is 12.7. The van der Waals surface area contributed by atoms with Gasteiger partial charge in [0.05, 0.1) is 16.7 Å². The summed E-state index contributed by atoms with van der Waals surface area (Å²) in [7, 11) is -4.23. The maximum Gasteiger partial charge on any atom is 0.101 e. The lowest BCUT2D eigenvalue weighted by molar-refractivity contribution is -0.773. The van der Waals surface area contributed by atoms with Crippen molar-refractivity contribution in [2.24, 2.45) is 0 Å². The van der Waals surface area contributed by atoms with Gasteiger partial charge in [-0.05, 0) is 56.8 Å². The van der Waals surface area contributed by atoms with Crippen molar-refractivity contribution in [2.45, 2.75) is 278 Å². The fourth-order valence-corrected chi connectivity index (χ4v) is 8.49. The summed E-state index contributed by atoms with van der Waals surface area (Å²) >= 11 is 0. The van der Waals surface area contributed by atoms with Crippen LogP contribution in [-0.2, 0) is 10.1 Å². The SMILES string of the molecule is CCCCCCCCCCCCCC/C=C/[N+](/C=C/CCCCCCCCCCCCCC)(/C=C/CCCCCCCCCCCCCC)CCCS(=O)(=O)[O-]. The molecule has 0 N–H and O–H groups in total. The van der Waals surface area contributed by atoms with Gasteiger partial charge in [-0.3, -0.25) is 0 Å². The third-order valence-electron chi connectivity index (χ3n) is 11.8. The van der Waals surface area contributed by atoms with Crippen molar-refractivity contribution in [1.29, 1.82) is 0 Å². The van der Waals surface area contributed by atoms with E-state index in [2.05, 4.69) is 57.6 Å². The highest BCUT2D eigenvalue weighted by Crippen LogP contribution is 2.20. The van der Waals surface area contributed by atoms with E-state index in [1.165, 1.54) is 231 Å². The van der Waals surface area contributed by atoms with Crippen LogP contribution in [0.3, 0.4) is 0 Å². The average molecular weight is 806 g/mol. The summed E-state index contributed by atoms with van der Waals surface area (Å²) in [6, 6.07) is 0. The fraction of sp³-hybridized carbons (Fsp3) is 0.882. The summed E-state index contributed by atoms with van der Waals surface area (Å²) in [6.07, 6.45) is 66.2. The van der Waals surface area contributed by atoms with Gasteiger partial charge in [-0.2, -0.15) is 0 Å². The molecule has 0 aliphatic carbocycles. The Labute approximate surface area is 353 Å². The van der Waals surface area contributed by atoms with Gasteiger partial charge < -0.3 is 4.55 Å². The Morgan fingerprint density at radius 2 is 0.554 bits per heavy atom. The topological polar surface area (TPSA) is 57.2 Å². The van der Waals surface area contributed by atoms with Gasteiger partial charge in [0.15, 0.2) is 0 Å². The Bertz CT molecular complexity index is 879. The summed E-state index contributed by atoms with van der Waals surface area (Å²) in [5.74, 6) is -0.293. The minimum Gasteiger partial charge on any atom is -0.748 e. The smallest absolute Gasteiger partial charge is 0.101 e. The zero-order valence-electron chi connectivity index (χ0n) is 38.2. The zero-order chi connectivity index (χ0) is 40.9. The van der Waals surface area contributed by atoms with Crippen molar-refractivity contribution in [3.63, 3.8) is 0 Å². The molecule has 0 aliphatic heterocycles. The molecule has 5 heteroatoms. The monoisotopic (exact) mass is 806 g/mol. The molecule has 0 amide bonds. The van der Waals surface area contributed by atoms with E-state index in [-0.39, 0.29) is 5.75 Å². The molecule has 0 aliphatic rings. The molecule has 0 atom stereocenters. The molecular formula is C51H99NO3S. The van der Waals surface area contributed by atoms with E-state index in [9.17, 15) is 13.0 Å². The number of allylic oxidation sites excluding steroid dienone is 3. The zero-order valence-corrected chi connectivity index (χ0v) is 39.1. The van der Waals surface area contributed by atoms with E-state index < -0.39 is 10.1 Å². The summed E-state index contributed by atoms with van der Waals surface area (Å²) in [5.41, 5.74) is 0. The van der Waals surface area contributed by atoms with Crippen LogP contribution < -0.4 is 0 Å². The molecule has 0 spiro atoms. The predicted octanol–water partition coefficient (Wildman–Crippen LogP) is 17.6. The molecule has 332 valence electrons. The molecule has 0 rings (SSSR count). The summed E-state index contributed by atoms with van der Waals surface area (Å²) < 4.78 is 35.3. The fourth-order valence-electron chi connectivity index (χ4n) is 8.01. The third kappa shape index (κ3) is 42.7. The molecule has 0 aromatic rings. The number of hydrogen-bond donors (Lipinski definition) is 0. The lowest BCUT2D eigenvalue weighted by Crippen LogP contribution is -2.33. The van der Waals surface area contributed by atoms with E-state index in [1.807, 2.05) is 0 Å². The van der Waals surface area contributed by atoms with Crippen LogP contribution in [0.2, 0.25) is 0 Å². The van der Waals surface area contributed by atoms with Crippen molar-refractivity contribution < 1.29 is 17.5 Å². The summed E-state index contributed by atoms with van der Waals surface area (Å²) in [6.45, 7) is 7.47. The highest BCUT2D eigenvalue weighted by Gasteiger charge is 2.19. The van der Waals surface area contributed by atoms with Crippen molar-refractivity contribution in [3.8, 4) is 0 Å². The van der Waals surface area contributed by atoms with Crippen LogP contribution in [0.15, 0.2) is 36.8 Å². The largest absolute Gasteiger partial charge is 0.748 e. The van der Waals surface area contributed by atoms with Crippen molar-refractivity contribution in [3.05, 3.63) is 36.8 Å².